The van der Waals surface area contributed by atoms with Crippen molar-refractivity contribution in [2.75, 3.05) is 19.6 Å². The minimum absolute atomic E-state index is 0.484. The number of benzene rings is 1. The summed E-state index contributed by atoms with van der Waals surface area (Å²) in [6, 6.07) is 8.76. The summed E-state index contributed by atoms with van der Waals surface area (Å²) in [5.74, 6) is 0.659. The first-order valence-corrected chi connectivity index (χ1v) is 7.32. The molecule has 0 spiro atoms. The predicted octanol–water partition coefficient (Wildman–Crippen LogP) is 3.46. The molecule has 2 atom stereocenters. The first-order valence-electron chi connectivity index (χ1n) is 6.94. The van der Waals surface area contributed by atoms with Crippen LogP contribution in [-0.4, -0.2) is 24.5 Å². The molecule has 1 fully saturated rings. The van der Waals surface area contributed by atoms with Crippen molar-refractivity contribution in [2.45, 2.75) is 32.2 Å². The average Bonchev–Trinajstić information content (AvgIpc) is 2.40. The zero-order valence-corrected chi connectivity index (χ0v) is 11.9. The van der Waals surface area contributed by atoms with Gasteiger partial charge in [0, 0.05) is 17.6 Å². The van der Waals surface area contributed by atoms with Gasteiger partial charge in [-0.3, -0.25) is 4.90 Å². The molecule has 0 saturated carbocycles. The van der Waals surface area contributed by atoms with Crippen molar-refractivity contribution < 1.29 is 0 Å². The molecule has 0 aromatic heterocycles. The van der Waals surface area contributed by atoms with Crippen molar-refractivity contribution in [3.63, 3.8) is 0 Å². The van der Waals surface area contributed by atoms with E-state index >= 15 is 0 Å². The summed E-state index contributed by atoms with van der Waals surface area (Å²) in [7, 11) is 0. The van der Waals surface area contributed by atoms with Crippen molar-refractivity contribution in [3.8, 4) is 0 Å². The summed E-state index contributed by atoms with van der Waals surface area (Å²) < 4.78 is 0. The van der Waals surface area contributed by atoms with Gasteiger partial charge in [-0.1, -0.05) is 30.7 Å². The third-order valence-corrected chi connectivity index (χ3v) is 4.18. The Kier molecular flexibility index (Phi) is 5.04. The van der Waals surface area contributed by atoms with E-state index in [1.165, 1.54) is 24.9 Å². The summed E-state index contributed by atoms with van der Waals surface area (Å²) in [4.78, 5) is 2.58. The van der Waals surface area contributed by atoms with E-state index in [0.717, 1.165) is 24.5 Å². The molecule has 1 aliphatic heterocycles. The Labute approximate surface area is 115 Å². The summed E-state index contributed by atoms with van der Waals surface area (Å²) in [6.07, 6.45) is 3.66. The van der Waals surface area contributed by atoms with Gasteiger partial charge >= 0.3 is 0 Å². The number of nitrogens with zero attached hydrogens (tertiary/aromatic N) is 1. The minimum Gasteiger partial charge on any atom is -0.330 e. The van der Waals surface area contributed by atoms with Gasteiger partial charge in [0.25, 0.3) is 0 Å². The second-order valence-corrected chi connectivity index (χ2v) is 5.65. The highest BCUT2D eigenvalue weighted by Gasteiger charge is 2.25. The summed E-state index contributed by atoms with van der Waals surface area (Å²) in [6.45, 7) is 5.36. The summed E-state index contributed by atoms with van der Waals surface area (Å²) in [5, 5.41) is 0.832. The lowest BCUT2D eigenvalue weighted by molar-refractivity contribution is 0.122. The maximum absolute atomic E-state index is 6.10. The highest BCUT2D eigenvalue weighted by Crippen LogP contribution is 2.30. The van der Waals surface area contributed by atoms with E-state index in [-0.39, 0.29) is 0 Å². The van der Waals surface area contributed by atoms with Crippen LogP contribution in [0.15, 0.2) is 24.3 Å². The molecule has 2 rings (SSSR count). The van der Waals surface area contributed by atoms with Crippen LogP contribution < -0.4 is 5.73 Å². The van der Waals surface area contributed by atoms with Crippen LogP contribution in [0, 0.1) is 5.92 Å². The number of hydrogen-bond donors (Lipinski definition) is 1. The molecular formula is C15H23ClN2. The fraction of sp³-hybridized carbons (Fsp3) is 0.600. The molecule has 2 N–H and O–H groups in total. The van der Waals surface area contributed by atoms with Crippen molar-refractivity contribution in [2.24, 2.45) is 11.7 Å². The lowest BCUT2D eigenvalue weighted by Gasteiger charge is -2.38. The van der Waals surface area contributed by atoms with Crippen LogP contribution in [0.2, 0.25) is 5.02 Å². The van der Waals surface area contributed by atoms with E-state index in [1.807, 2.05) is 12.1 Å². The van der Waals surface area contributed by atoms with E-state index in [1.54, 1.807) is 0 Å². The largest absolute Gasteiger partial charge is 0.330 e. The van der Waals surface area contributed by atoms with Crippen LogP contribution in [0.3, 0.4) is 0 Å². The van der Waals surface area contributed by atoms with Crippen LogP contribution in [0.25, 0.3) is 0 Å². The Morgan fingerprint density at radius 2 is 2.33 bits per heavy atom. The van der Waals surface area contributed by atoms with E-state index in [2.05, 4.69) is 24.0 Å². The molecular weight excluding hydrogens is 244 g/mol. The van der Waals surface area contributed by atoms with Crippen LogP contribution in [-0.2, 0) is 0 Å². The SMILES string of the molecule is CCC(c1cccc(Cl)c1)N1CCCC(CN)C1. The maximum Gasteiger partial charge on any atom is 0.0409 e. The third-order valence-electron chi connectivity index (χ3n) is 3.94. The highest BCUT2D eigenvalue weighted by molar-refractivity contribution is 6.30. The Bertz CT molecular complexity index is 381. The number of piperidine rings is 1. The fourth-order valence-corrected chi connectivity index (χ4v) is 3.19. The zero-order chi connectivity index (χ0) is 13.0. The Balaban J connectivity index is 2.12. The molecule has 1 aromatic rings. The predicted molar refractivity (Wildman–Crippen MR) is 77.8 cm³/mol. The molecule has 1 aliphatic rings. The lowest BCUT2D eigenvalue weighted by atomic mass is 9.94. The van der Waals surface area contributed by atoms with Gasteiger partial charge in [0.2, 0.25) is 0 Å². The molecule has 0 amide bonds. The molecule has 0 bridgehead atoms. The van der Waals surface area contributed by atoms with Crippen molar-refractivity contribution >= 4 is 11.6 Å². The second kappa shape index (κ2) is 6.55. The van der Waals surface area contributed by atoms with Crippen molar-refractivity contribution in [3.05, 3.63) is 34.9 Å². The number of halogens is 1. The molecule has 3 heteroatoms. The molecule has 2 nitrogen and oxygen atoms in total. The molecule has 0 aliphatic carbocycles. The third kappa shape index (κ3) is 3.25. The van der Waals surface area contributed by atoms with Gasteiger partial charge in [0.05, 0.1) is 0 Å². The van der Waals surface area contributed by atoms with Gasteiger partial charge in [-0.15, -0.1) is 0 Å². The zero-order valence-electron chi connectivity index (χ0n) is 11.1. The molecule has 2 unspecified atom stereocenters. The molecule has 100 valence electrons. The van der Waals surface area contributed by atoms with Gasteiger partial charge in [-0.2, -0.15) is 0 Å². The van der Waals surface area contributed by atoms with Crippen LogP contribution in [0.1, 0.15) is 37.8 Å². The van der Waals surface area contributed by atoms with Gasteiger partial charge in [-0.25, -0.2) is 0 Å². The lowest BCUT2D eigenvalue weighted by Crippen LogP contribution is -2.40. The summed E-state index contributed by atoms with van der Waals surface area (Å²) >= 11 is 6.10. The number of likely N-dealkylation sites (tertiary alicyclic amines) is 1. The minimum atomic E-state index is 0.484. The van der Waals surface area contributed by atoms with Crippen LogP contribution in [0.4, 0.5) is 0 Å². The standard InChI is InChI=1S/C15H23ClN2/c1-2-15(13-6-3-7-14(16)9-13)18-8-4-5-12(10-17)11-18/h3,6-7,9,12,15H,2,4-5,8,10-11,17H2,1H3. The molecule has 0 radical (unpaired) electrons. The Morgan fingerprint density at radius 1 is 1.50 bits per heavy atom. The van der Waals surface area contributed by atoms with Crippen LogP contribution >= 0.6 is 11.6 Å². The monoisotopic (exact) mass is 266 g/mol. The summed E-state index contributed by atoms with van der Waals surface area (Å²) in [5.41, 5.74) is 7.16. The second-order valence-electron chi connectivity index (χ2n) is 5.22. The smallest absolute Gasteiger partial charge is 0.0409 e. The molecule has 18 heavy (non-hydrogen) atoms. The number of nitrogens with two attached hydrogens (primary N) is 1. The maximum atomic E-state index is 6.10. The average molecular weight is 267 g/mol. The topological polar surface area (TPSA) is 29.3 Å². The molecule has 1 aromatic carbocycles. The Hall–Kier alpha value is -0.570. The van der Waals surface area contributed by atoms with Gasteiger partial charge in [0.1, 0.15) is 0 Å². The quantitative estimate of drug-likeness (QED) is 0.904. The van der Waals surface area contributed by atoms with Crippen LogP contribution in [0.5, 0.6) is 0 Å². The normalized spacial score (nSPS) is 22.9. The molecule has 1 saturated heterocycles. The van der Waals surface area contributed by atoms with E-state index in [4.69, 9.17) is 17.3 Å². The Morgan fingerprint density at radius 3 is 3.00 bits per heavy atom. The fourth-order valence-electron chi connectivity index (χ4n) is 2.99. The van der Waals surface area contributed by atoms with Gasteiger partial charge in [0.15, 0.2) is 0 Å². The first kappa shape index (κ1) is 13.9. The highest BCUT2D eigenvalue weighted by atomic mass is 35.5. The van der Waals surface area contributed by atoms with Gasteiger partial charge in [-0.05, 0) is 56.0 Å². The molecule has 1 heterocycles. The van der Waals surface area contributed by atoms with E-state index in [0.29, 0.717) is 12.0 Å². The van der Waals surface area contributed by atoms with E-state index < -0.39 is 0 Å². The number of hydrogen-bond acceptors (Lipinski definition) is 2. The van der Waals surface area contributed by atoms with Crippen molar-refractivity contribution in [1.82, 2.24) is 4.90 Å². The first-order chi connectivity index (χ1) is 8.74. The number of rotatable bonds is 4. The van der Waals surface area contributed by atoms with E-state index in [9.17, 15) is 0 Å². The van der Waals surface area contributed by atoms with Crippen molar-refractivity contribution in [1.29, 1.82) is 0 Å². The van der Waals surface area contributed by atoms with Gasteiger partial charge < -0.3 is 5.73 Å².